The molecular formula is C24H34N4O3. The standard InChI is InChI=1S/C24H34N4O3/c1-30-21-6-8-22(9-7-21)31-15-11-20-16-23(26-25-20)19-10-14-28(17-19)24(29)18-27-12-4-2-3-5-13-27/h6-9,16,19H,2-5,10-15,17-18H2,1H3,(H,25,26). The summed E-state index contributed by atoms with van der Waals surface area (Å²) in [5, 5.41) is 7.67. The summed E-state index contributed by atoms with van der Waals surface area (Å²) in [4.78, 5) is 17.1. The van der Waals surface area contributed by atoms with E-state index in [1.807, 2.05) is 29.2 Å². The summed E-state index contributed by atoms with van der Waals surface area (Å²) in [6.45, 7) is 4.88. The lowest BCUT2D eigenvalue weighted by atomic mass is 10.0. The van der Waals surface area contributed by atoms with E-state index in [4.69, 9.17) is 9.47 Å². The van der Waals surface area contributed by atoms with E-state index < -0.39 is 0 Å². The molecule has 168 valence electrons. The van der Waals surface area contributed by atoms with Crippen LogP contribution in [0.5, 0.6) is 11.5 Å². The molecule has 2 aliphatic rings. The summed E-state index contributed by atoms with van der Waals surface area (Å²) in [5.74, 6) is 2.24. The molecule has 2 aromatic rings. The Hall–Kier alpha value is -2.54. The van der Waals surface area contributed by atoms with Crippen molar-refractivity contribution in [2.24, 2.45) is 0 Å². The zero-order valence-corrected chi connectivity index (χ0v) is 18.5. The van der Waals surface area contributed by atoms with E-state index in [2.05, 4.69) is 21.2 Å². The number of likely N-dealkylation sites (tertiary alicyclic amines) is 2. The number of H-pyrrole nitrogens is 1. The van der Waals surface area contributed by atoms with Gasteiger partial charge in [0.1, 0.15) is 11.5 Å². The molecular weight excluding hydrogens is 392 g/mol. The van der Waals surface area contributed by atoms with Crippen molar-refractivity contribution in [1.29, 1.82) is 0 Å². The van der Waals surface area contributed by atoms with Crippen LogP contribution in [0.1, 0.15) is 49.4 Å². The van der Waals surface area contributed by atoms with Crippen LogP contribution < -0.4 is 9.47 Å². The summed E-state index contributed by atoms with van der Waals surface area (Å²) in [6, 6.07) is 9.73. The third-order valence-electron chi connectivity index (χ3n) is 6.37. The smallest absolute Gasteiger partial charge is 0.236 e. The second-order valence-corrected chi connectivity index (χ2v) is 8.61. The number of aromatic amines is 1. The van der Waals surface area contributed by atoms with Gasteiger partial charge in [-0.3, -0.25) is 14.8 Å². The van der Waals surface area contributed by atoms with Crippen LogP contribution in [0.4, 0.5) is 0 Å². The van der Waals surface area contributed by atoms with Crippen LogP contribution in [0.25, 0.3) is 0 Å². The lowest BCUT2D eigenvalue weighted by Crippen LogP contribution is -2.39. The molecule has 1 unspecified atom stereocenters. The molecule has 2 saturated heterocycles. The number of hydrogen-bond donors (Lipinski definition) is 1. The van der Waals surface area contributed by atoms with Gasteiger partial charge in [-0.25, -0.2) is 0 Å². The first-order valence-corrected chi connectivity index (χ1v) is 11.5. The fourth-order valence-electron chi connectivity index (χ4n) is 4.48. The minimum atomic E-state index is 0.271. The Morgan fingerprint density at radius 3 is 2.58 bits per heavy atom. The van der Waals surface area contributed by atoms with Gasteiger partial charge < -0.3 is 14.4 Å². The summed E-state index contributed by atoms with van der Waals surface area (Å²) in [5.41, 5.74) is 2.13. The lowest BCUT2D eigenvalue weighted by molar-refractivity contribution is -0.131. The van der Waals surface area contributed by atoms with Gasteiger partial charge in [-0.15, -0.1) is 0 Å². The Morgan fingerprint density at radius 2 is 1.84 bits per heavy atom. The predicted octanol–water partition coefficient (Wildman–Crippen LogP) is 3.23. The Kier molecular flexibility index (Phi) is 7.46. The first-order valence-electron chi connectivity index (χ1n) is 11.5. The molecule has 2 fully saturated rings. The molecule has 0 radical (unpaired) electrons. The summed E-state index contributed by atoms with van der Waals surface area (Å²) >= 11 is 0. The van der Waals surface area contributed by atoms with Crippen LogP contribution in [0.15, 0.2) is 30.3 Å². The quantitative estimate of drug-likeness (QED) is 0.702. The minimum absolute atomic E-state index is 0.271. The lowest BCUT2D eigenvalue weighted by Gasteiger charge is -2.23. The highest BCUT2D eigenvalue weighted by Crippen LogP contribution is 2.27. The van der Waals surface area contributed by atoms with Gasteiger partial charge in [0.05, 0.1) is 26.0 Å². The van der Waals surface area contributed by atoms with Gasteiger partial charge in [-0.05, 0) is 62.7 Å². The number of carbonyl (C=O) groups excluding carboxylic acids is 1. The van der Waals surface area contributed by atoms with Gasteiger partial charge in [-0.1, -0.05) is 12.8 Å². The van der Waals surface area contributed by atoms with Gasteiger partial charge >= 0.3 is 0 Å². The highest BCUT2D eigenvalue weighted by molar-refractivity contribution is 5.78. The number of rotatable bonds is 8. The average molecular weight is 427 g/mol. The number of hydrogen-bond acceptors (Lipinski definition) is 5. The van der Waals surface area contributed by atoms with Crippen molar-refractivity contribution in [2.45, 2.75) is 44.4 Å². The summed E-state index contributed by atoms with van der Waals surface area (Å²) in [7, 11) is 1.65. The maximum atomic E-state index is 12.8. The van der Waals surface area contributed by atoms with Crippen molar-refractivity contribution in [1.82, 2.24) is 20.0 Å². The molecule has 7 heteroatoms. The number of carbonyl (C=O) groups is 1. The Bertz CT molecular complexity index is 828. The topological polar surface area (TPSA) is 70.7 Å². The number of nitrogens with one attached hydrogen (secondary N) is 1. The monoisotopic (exact) mass is 426 g/mol. The van der Waals surface area contributed by atoms with E-state index in [0.717, 1.165) is 61.9 Å². The van der Waals surface area contributed by atoms with Crippen molar-refractivity contribution in [3.8, 4) is 11.5 Å². The molecule has 7 nitrogen and oxygen atoms in total. The normalized spacial score (nSPS) is 19.9. The van der Waals surface area contributed by atoms with Crippen molar-refractivity contribution in [3.63, 3.8) is 0 Å². The second-order valence-electron chi connectivity index (χ2n) is 8.61. The Labute approximate surface area is 184 Å². The van der Waals surface area contributed by atoms with E-state index >= 15 is 0 Å². The van der Waals surface area contributed by atoms with Crippen LogP contribution in [-0.2, 0) is 11.2 Å². The molecule has 1 aromatic heterocycles. The molecule has 0 spiro atoms. The molecule has 4 rings (SSSR count). The SMILES string of the molecule is COc1ccc(OCCc2cc(C3CCN(C(=O)CN4CCCCCC4)C3)n[nH]2)cc1. The van der Waals surface area contributed by atoms with Crippen LogP contribution >= 0.6 is 0 Å². The fraction of sp³-hybridized carbons (Fsp3) is 0.583. The predicted molar refractivity (Wildman–Crippen MR) is 120 cm³/mol. The Balaban J connectivity index is 1.22. The second kappa shape index (κ2) is 10.7. The number of benzene rings is 1. The molecule has 0 saturated carbocycles. The maximum Gasteiger partial charge on any atom is 0.236 e. The van der Waals surface area contributed by atoms with Gasteiger partial charge in [-0.2, -0.15) is 5.10 Å². The maximum absolute atomic E-state index is 12.8. The van der Waals surface area contributed by atoms with Crippen molar-refractivity contribution >= 4 is 5.91 Å². The third kappa shape index (κ3) is 6.00. The van der Waals surface area contributed by atoms with E-state index in [1.165, 1.54) is 25.7 Å². The highest BCUT2D eigenvalue weighted by Gasteiger charge is 2.29. The van der Waals surface area contributed by atoms with Gasteiger partial charge in [0.25, 0.3) is 0 Å². The van der Waals surface area contributed by atoms with E-state index in [9.17, 15) is 4.79 Å². The molecule has 1 N–H and O–H groups in total. The molecule has 1 amide bonds. The van der Waals surface area contributed by atoms with Gasteiger partial charge in [0.2, 0.25) is 5.91 Å². The van der Waals surface area contributed by atoms with E-state index in [0.29, 0.717) is 19.1 Å². The first kappa shape index (κ1) is 21.7. The summed E-state index contributed by atoms with van der Waals surface area (Å²) < 4.78 is 11.0. The van der Waals surface area contributed by atoms with Crippen molar-refractivity contribution < 1.29 is 14.3 Å². The largest absolute Gasteiger partial charge is 0.497 e. The summed E-state index contributed by atoms with van der Waals surface area (Å²) in [6.07, 6.45) is 6.77. The fourth-order valence-corrected chi connectivity index (χ4v) is 4.48. The Morgan fingerprint density at radius 1 is 1.10 bits per heavy atom. The van der Waals surface area contributed by atoms with Crippen molar-refractivity contribution in [3.05, 3.63) is 41.7 Å². The molecule has 1 aromatic carbocycles. The van der Waals surface area contributed by atoms with Crippen LogP contribution in [0.3, 0.4) is 0 Å². The molecule has 3 heterocycles. The molecule has 0 aliphatic carbocycles. The van der Waals surface area contributed by atoms with E-state index in [-0.39, 0.29) is 5.91 Å². The van der Waals surface area contributed by atoms with Crippen molar-refractivity contribution in [2.75, 3.05) is 46.4 Å². The molecule has 2 aliphatic heterocycles. The number of ether oxygens (including phenoxy) is 2. The third-order valence-corrected chi connectivity index (χ3v) is 6.37. The van der Waals surface area contributed by atoms with Crippen LogP contribution in [0, 0.1) is 0 Å². The molecule has 31 heavy (non-hydrogen) atoms. The zero-order valence-electron chi connectivity index (χ0n) is 18.5. The van der Waals surface area contributed by atoms with Gasteiger partial charge in [0, 0.05) is 31.1 Å². The van der Waals surface area contributed by atoms with Gasteiger partial charge in [0.15, 0.2) is 0 Å². The molecule has 1 atom stereocenters. The average Bonchev–Trinajstić information content (AvgIpc) is 3.39. The van der Waals surface area contributed by atoms with Crippen LogP contribution in [-0.4, -0.2) is 72.3 Å². The van der Waals surface area contributed by atoms with E-state index in [1.54, 1.807) is 7.11 Å². The highest BCUT2D eigenvalue weighted by atomic mass is 16.5. The number of nitrogens with zero attached hydrogens (tertiary/aromatic N) is 3. The number of aromatic nitrogens is 2. The first-order chi connectivity index (χ1) is 15.2. The minimum Gasteiger partial charge on any atom is -0.497 e. The number of amides is 1. The number of methoxy groups -OCH3 is 1. The van der Waals surface area contributed by atoms with Crippen LogP contribution in [0.2, 0.25) is 0 Å². The molecule has 0 bridgehead atoms. The zero-order chi connectivity index (χ0) is 21.5.